The molecule has 8 nitrogen and oxygen atoms in total. The molecule has 0 aliphatic carbocycles. The van der Waals surface area contributed by atoms with E-state index in [0.29, 0.717) is 5.69 Å². The molecule has 3 rings (SSSR count). The number of nitrogens with zero attached hydrogens (tertiary/aromatic N) is 2. The van der Waals surface area contributed by atoms with E-state index in [1.165, 1.54) is 29.0 Å². The number of ether oxygens (including phenoxy) is 3. The van der Waals surface area contributed by atoms with Gasteiger partial charge in [0.1, 0.15) is 18.5 Å². The zero-order valence-corrected chi connectivity index (χ0v) is 14.2. The molecule has 2 saturated heterocycles. The van der Waals surface area contributed by atoms with Crippen LogP contribution in [0.1, 0.15) is 0 Å². The summed E-state index contributed by atoms with van der Waals surface area (Å²) >= 11 is 4.86. The van der Waals surface area contributed by atoms with E-state index in [1.54, 1.807) is 6.07 Å². The minimum atomic E-state index is -0.619. The molecule has 1 atom stereocenters. The van der Waals surface area contributed by atoms with E-state index in [1.807, 2.05) is 0 Å². The maximum Gasteiger partial charge on any atom is 0.414 e. The molecule has 0 radical (unpaired) electrons. The van der Waals surface area contributed by atoms with E-state index in [0.717, 1.165) is 0 Å². The maximum absolute atomic E-state index is 14.4. The second-order valence-electron chi connectivity index (χ2n) is 5.39. The molecule has 0 spiro atoms. The molecule has 25 heavy (non-hydrogen) atoms. The van der Waals surface area contributed by atoms with Gasteiger partial charge in [-0.2, -0.15) is 0 Å². The molecular weight excluding hydrogens is 353 g/mol. The van der Waals surface area contributed by atoms with Crippen LogP contribution >= 0.6 is 12.2 Å². The van der Waals surface area contributed by atoms with Gasteiger partial charge in [0.05, 0.1) is 38.1 Å². The van der Waals surface area contributed by atoms with E-state index in [9.17, 15) is 14.0 Å². The van der Waals surface area contributed by atoms with Crippen molar-refractivity contribution >= 4 is 41.0 Å². The van der Waals surface area contributed by atoms with E-state index < -0.39 is 24.1 Å². The highest BCUT2D eigenvalue weighted by Crippen LogP contribution is 2.29. The molecule has 1 aromatic rings. The van der Waals surface area contributed by atoms with Gasteiger partial charge in [-0.1, -0.05) is 0 Å². The van der Waals surface area contributed by atoms with Crippen LogP contribution in [0.15, 0.2) is 18.2 Å². The lowest BCUT2D eigenvalue weighted by Crippen LogP contribution is -2.34. The molecule has 2 amide bonds. The van der Waals surface area contributed by atoms with Crippen molar-refractivity contribution in [2.75, 3.05) is 43.2 Å². The Kier molecular flexibility index (Phi) is 4.88. The number of methoxy groups -OCH3 is 1. The first kappa shape index (κ1) is 17.2. The Morgan fingerprint density at radius 2 is 2.20 bits per heavy atom. The van der Waals surface area contributed by atoms with Crippen LogP contribution in [-0.4, -0.2) is 56.8 Å². The van der Waals surface area contributed by atoms with E-state index in [2.05, 4.69) is 5.32 Å². The molecule has 0 unspecified atom stereocenters. The summed E-state index contributed by atoms with van der Waals surface area (Å²) in [4.78, 5) is 26.1. The van der Waals surface area contributed by atoms with Crippen LogP contribution in [-0.2, 0) is 14.2 Å². The zero-order valence-electron chi connectivity index (χ0n) is 13.4. The molecule has 10 heteroatoms. The highest BCUT2D eigenvalue weighted by atomic mass is 32.1. The monoisotopic (exact) mass is 369 g/mol. The summed E-state index contributed by atoms with van der Waals surface area (Å²) in [6, 6.07) is 4.19. The molecule has 2 aliphatic rings. The van der Waals surface area contributed by atoms with Crippen molar-refractivity contribution in [3.8, 4) is 0 Å². The van der Waals surface area contributed by atoms with Crippen LogP contribution in [0, 0.1) is 5.82 Å². The summed E-state index contributed by atoms with van der Waals surface area (Å²) in [5.41, 5.74) is 0.457. The number of hydrogen-bond donors (Lipinski definition) is 1. The lowest BCUT2D eigenvalue weighted by molar-refractivity contribution is 0.142. The second kappa shape index (κ2) is 7.09. The van der Waals surface area contributed by atoms with Crippen molar-refractivity contribution in [1.82, 2.24) is 5.32 Å². The minimum absolute atomic E-state index is 0.113. The van der Waals surface area contributed by atoms with Gasteiger partial charge < -0.3 is 19.5 Å². The number of benzene rings is 1. The van der Waals surface area contributed by atoms with Crippen molar-refractivity contribution < 1.29 is 28.2 Å². The van der Waals surface area contributed by atoms with Crippen LogP contribution in [0.3, 0.4) is 0 Å². The summed E-state index contributed by atoms with van der Waals surface area (Å²) < 4.78 is 29.2. The van der Waals surface area contributed by atoms with Crippen LogP contribution in [0.2, 0.25) is 0 Å². The number of nitrogens with one attached hydrogen (secondary N) is 1. The van der Waals surface area contributed by atoms with Crippen molar-refractivity contribution in [2.45, 2.75) is 6.10 Å². The van der Waals surface area contributed by atoms with Crippen LogP contribution in [0.4, 0.5) is 25.4 Å². The number of anilines is 2. The Morgan fingerprint density at radius 3 is 2.84 bits per heavy atom. The number of halogens is 1. The molecule has 1 N–H and O–H groups in total. The first-order chi connectivity index (χ1) is 12.0. The van der Waals surface area contributed by atoms with Gasteiger partial charge in [-0.3, -0.25) is 9.80 Å². The Balaban J connectivity index is 1.69. The Hall–Kier alpha value is -2.62. The molecule has 0 bridgehead atoms. The van der Waals surface area contributed by atoms with Crippen molar-refractivity contribution in [3.05, 3.63) is 24.0 Å². The van der Waals surface area contributed by atoms with Gasteiger partial charge in [0.25, 0.3) is 5.17 Å². The quantitative estimate of drug-likeness (QED) is 0.808. The number of carbonyl (C=O) groups excluding carboxylic acids is 2. The smallest absolute Gasteiger partial charge is 0.414 e. The first-order valence-electron chi connectivity index (χ1n) is 7.53. The number of thiocarbonyl (C=S) groups is 1. The molecule has 0 aromatic heterocycles. The average molecular weight is 369 g/mol. The molecular formula is C15H16FN3O5S. The van der Waals surface area contributed by atoms with Crippen LogP contribution in [0.5, 0.6) is 0 Å². The third-order valence-electron chi connectivity index (χ3n) is 3.83. The summed E-state index contributed by atoms with van der Waals surface area (Å²) in [6.45, 7) is 1.03. The van der Waals surface area contributed by atoms with E-state index in [4.69, 9.17) is 26.4 Å². The molecule has 1 aromatic carbocycles. The number of rotatable bonds is 4. The third-order valence-corrected chi connectivity index (χ3v) is 4.14. The largest absolute Gasteiger partial charge is 0.474 e. The molecule has 134 valence electrons. The summed E-state index contributed by atoms with van der Waals surface area (Å²) in [5, 5.41) is 3.00. The van der Waals surface area contributed by atoms with Gasteiger partial charge >= 0.3 is 12.2 Å². The maximum atomic E-state index is 14.4. The van der Waals surface area contributed by atoms with Crippen molar-refractivity contribution in [2.24, 2.45) is 0 Å². The standard InChI is InChI=1S/C15H16FN3O5S/c1-22-13(25)17-7-10-8-19(15(21)24-10)9-2-3-12(11(16)6-9)18-4-5-23-14(18)20/h2-3,6,10H,4-5,7-8H2,1H3,(H,17,25)/t10-/m0/s1. The van der Waals surface area contributed by atoms with Gasteiger partial charge in [-0.05, 0) is 30.4 Å². The molecule has 2 heterocycles. The van der Waals surface area contributed by atoms with Gasteiger partial charge in [-0.15, -0.1) is 0 Å². The predicted molar refractivity (Wildman–Crippen MR) is 90.3 cm³/mol. The lowest BCUT2D eigenvalue weighted by Gasteiger charge is -2.17. The van der Waals surface area contributed by atoms with Crippen molar-refractivity contribution in [1.29, 1.82) is 0 Å². The number of hydrogen-bond acceptors (Lipinski definition) is 6. The predicted octanol–water partition coefficient (Wildman–Crippen LogP) is 1.63. The van der Waals surface area contributed by atoms with Crippen LogP contribution < -0.4 is 15.1 Å². The van der Waals surface area contributed by atoms with E-state index in [-0.39, 0.29) is 37.1 Å². The van der Waals surface area contributed by atoms with Gasteiger partial charge in [0.2, 0.25) is 0 Å². The summed E-state index contributed by atoms with van der Waals surface area (Å²) in [7, 11) is 1.43. The average Bonchev–Trinajstić information content (AvgIpc) is 3.18. The van der Waals surface area contributed by atoms with Gasteiger partial charge in [-0.25, -0.2) is 14.0 Å². The summed E-state index contributed by atoms with van der Waals surface area (Å²) in [6.07, 6.45) is -1.62. The normalized spacial score (nSPS) is 19.7. The SMILES string of the molecule is COC(=S)NC[C@H]1CN(c2ccc(N3CCOC3=O)c(F)c2)C(=O)O1. The zero-order chi connectivity index (χ0) is 18.0. The Morgan fingerprint density at radius 1 is 1.40 bits per heavy atom. The van der Waals surface area contributed by atoms with Crippen molar-refractivity contribution in [3.63, 3.8) is 0 Å². The van der Waals surface area contributed by atoms with E-state index >= 15 is 0 Å². The second-order valence-corrected chi connectivity index (χ2v) is 5.76. The molecule has 2 aliphatic heterocycles. The first-order valence-corrected chi connectivity index (χ1v) is 7.94. The lowest BCUT2D eigenvalue weighted by atomic mass is 10.2. The highest BCUT2D eigenvalue weighted by molar-refractivity contribution is 7.80. The van der Waals surface area contributed by atoms with Crippen LogP contribution in [0.25, 0.3) is 0 Å². The minimum Gasteiger partial charge on any atom is -0.474 e. The molecule has 0 saturated carbocycles. The fourth-order valence-corrected chi connectivity index (χ4v) is 2.69. The number of cyclic esters (lactones) is 2. The third kappa shape index (κ3) is 3.58. The Bertz CT molecular complexity index is 716. The highest BCUT2D eigenvalue weighted by Gasteiger charge is 2.33. The van der Waals surface area contributed by atoms with Gasteiger partial charge in [0, 0.05) is 0 Å². The topological polar surface area (TPSA) is 80.3 Å². The number of carbonyl (C=O) groups is 2. The fourth-order valence-electron chi connectivity index (χ4n) is 2.60. The number of amides is 2. The van der Waals surface area contributed by atoms with Gasteiger partial charge in [0.15, 0.2) is 0 Å². The summed E-state index contributed by atoms with van der Waals surface area (Å²) in [5.74, 6) is -0.619. The Labute approximate surface area is 148 Å². The fraction of sp³-hybridized carbons (Fsp3) is 0.400. The molecule has 2 fully saturated rings.